The molecule has 0 amide bonds. The van der Waals surface area contributed by atoms with Crippen LogP contribution in [0.15, 0.2) is 5.11 Å². The van der Waals surface area contributed by atoms with Gasteiger partial charge in [0.1, 0.15) is 0 Å². The molecule has 5 nitrogen and oxygen atoms in total. The first-order valence-corrected chi connectivity index (χ1v) is 4.66. The highest BCUT2D eigenvalue weighted by molar-refractivity contribution is 4.88. The Morgan fingerprint density at radius 2 is 2.46 bits per heavy atom. The minimum Gasteiger partial charge on any atom is -0.388 e. The zero-order chi connectivity index (χ0) is 9.73. The van der Waals surface area contributed by atoms with Crippen molar-refractivity contribution in [1.29, 1.82) is 0 Å². The van der Waals surface area contributed by atoms with Gasteiger partial charge in [0, 0.05) is 11.5 Å². The van der Waals surface area contributed by atoms with Crippen LogP contribution in [0.3, 0.4) is 0 Å². The van der Waals surface area contributed by atoms with Crippen LogP contribution in [-0.4, -0.2) is 41.8 Å². The molecule has 0 bridgehead atoms. The lowest BCUT2D eigenvalue weighted by atomic mass is 9.93. The van der Waals surface area contributed by atoms with Gasteiger partial charge in [0.15, 0.2) is 0 Å². The molecule has 0 aromatic carbocycles. The third kappa shape index (κ3) is 2.88. The summed E-state index contributed by atoms with van der Waals surface area (Å²) in [5.74, 6) is 0. The van der Waals surface area contributed by atoms with Gasteiger partial charge in [-0.1, -0.05) is 12.0 Å². The Hall–Kier alpha value is -0.770. The minimum absolute atomic E-state index is 0.194. The van der Waals surface area contributed by atoms with Crippen molar-refractivity contribution in [3.05, 3.63) is 10.4 Å². The van der Waals surface area contributed by atoms with Crippen LogP contribution in [0, 0.1) is 0 Å². The predicted octanol–water partition coefficient (Wildman–Crippen LogP) is 1.14. The average molecular weight is 184 g/mol. The van der Waals surface area contributed by atoms with E-state index in [1.54, 1.807) is 0 Å². The van der Waals surface area contributed by atoms with Gasteiger partial charge in [0.2, 0.25) is 0 Å². The number of piperidine rings is 1. The monoisotopic (exact) mass is 184 g/mol. The van der Waals surface area contributed by atoms with Gasteiger partial charge in [0.25, 0.3) is 0 Å². The zero-order valence-electron chi connectivity index (χ0n) is 7.98. The van der Waals surface area contributed by atoms with Crippen molar-refractivity contribution in [2.45, 2.75) is 25.4 Å². The lowest BCUT2D eigenvalue weighted by Crippen LogP contribution is -2.49. The molecule has 0 aliphatic carbocycles. The molecule has 1 fully saturated rings. The van der Waals surface area contributed by atoms with E-state index >= 15 is 0 Å². The van der Waals surface area contributed by atoms with Crippen molar-refractivity contribution in [3.8, 4) is 0 Å². The van der Waals surface area contributed by atoms with Gasteiger partial charge < -0.3 is 10.0 Å². The third-order valence-corrected chi connectivity index (χ3v) is 2.51. The number of azide groups is 1. The van der Waals surface area contributed by atoms with Gasteiger partial charge in [-0.2, -0.15) is 0 Å². The maximum Gasteiger partial charge on any atom is 0.0830 e. The lowest BCUT2D eigenvalue weighted by Gasteiger charge is -2.37. The highest BCUT2D eigenvalue weighted by Gasteiger charge is 2.31. The Labute approximate surface area is 78.0 Å². The summed E-state index contributed by atoms with van der Waals surface area (Å²) in [4.78, 5) is 4.85. The Kier molecular flexibility index (Phi) is 3.54. The summed E-state index contributed by atoms with van der Waals surface area (Å²) < 4.78 is 0. The van der Waals surface area contributed by atoms with Crippen LogP contribution in [0.1, 0.15) is 19.8 Å². The first-order chi connectivity index (χ1) is 6.20. The molecule has 0 spiro atoms. The molecule has 1 aliphatic rings. The SMILES string of the molecule is CCN1CCC[C@](O)(CN=[N+]=[N-])C1. The molecule has 1 atom stereocenters. The van der Waals surface area contributed by atoms with Crippen molar-refractivity contribution in [2.24, 2.45) is 5.11 Å². The molecule has 1 aliphatic heterocycles. The van der Waals surface area contributed by atoms with Crippen molar-refractivity contribution in [2.75, 3.05) is 26.2 Å². The Bertz CT molecular complexity index is 214. The van der Waals surface area contributed by atoms with E-state index in [9.17, 15) is 5.11 Å². The van der Waals surface area contributed by atoms with E-state index in [0.717, 1.165) is 25.9 Å². The summed E-state index contributed by atoms with van der Waals surface area (Å²) in [5.41, 5.74) is 7.38. The summed E-state index contributed by atoms with van der Waals surface area (Å²) in [7, 11) is 0. The normalized spacial score (nSPS) is 29.7. The van der Waals surface area contributed by atoms with Crippen LogP contribution in [0.4, 0.5) is 0 Å². The fourth-order valence-electron chi connectivity index (χ4n) is 1.77. The van der Waals surface area contributed by atoms with Crippen LogP contribution < -0.4 is 0 Å². The van der Waals surface area contributed by atoms with Crippen LogP contribution in [-0.2, 0) is 0 Å². The van der Waals surface area contributed by atoms with Gasteiger partial charge in [0.05, 0.1) is 12.1 Å². The van der Waals surface area contributed by atoms with Gasteiger partial charge >= 0.3 is 0 Å². The number of likely N-dealkylation sites (N-methyl/N-ethyl adjacent to an activating group) is 1. The van der Waals surface area contributed by atoms with Crippen LogP contribution in [0.2, 0.25) is 0 Å². The molecule has 0 aromatic heterocycles. The second-order valence-electron chi connectivity index (χ2n) is 3.59. The molecule has 0 saturated carbocycles. The topological polar surface area (TPSA) is 72.2 Å². The Morgan fingerprint density at radius 3 is 3.08 bits per heavy atom. The smallest absolute Gasteiger partial charge is 0.0830 e. The third-order valence-electron chi connectivity index (χ3n) is 2.51. The highest BCUT2D eigenvalue weighted by atomic mass is 16.3. The van der Waals surface area contributed by atoms with Gasteiger partial charge in [-0.05, 0) is 31.5 Å². The summed E-state index contributed by atoms with van der Waals surface area (Å²) in [6.07, 6.45) is 1.72. The lowest BCUT2D eigenvalue weighted by molar-refractivity contribution is -0.0214. The van der Waals surface area contributed by atoms with Crippen molar-refractivity contribution < 1.29 is 5.11 Å². The van der Waals surface area contributed by atoms with Crippen molar-refractivity contribution in [1.82, 2.24) is 4.90 Å². The van der Waals surface area contributed by atoms with E-state index in [1.807, 2.05) is 0 Å². The Morgan fingerprint density at radius 1 is 1.69 bits per heavy atom. The highest BCUT2D eigenvalue weighted by Crippen LogP contribution is 2.21. The van der Waals surface area contributed by atoms with E-state index in [4.69, 9.17) is 5.53 Å². The summed E-state index contributed by atoms with van der Waals surface area (Å²) in [6, 6.07) is 0. The number of β-amino-alcohol motifs (C(OH)–C–C–N with tert-alkyl or cyclic N) is 1. The molecule has 1 rings (SSSR count). The summed E-state index contributed by atoms with van der Waals surface area (Å²) in [5, 5.41) is 13.4. The molecule has 13 heavy (non-hydrogen) atoms. The van der Waals surface area contributed by atoms with E-state index in [2.05, 4.69) is 21.8 Å². The second kappa shape index (κ2) is 4.46. The van der Waals surface area contributed by atoms with Crippen LogP contribution in [0.25, 0.3) is 10.4 Å². The summed E-state index contributed by atoms with van der Waals surface area (Å²) in [6.45, 7) is 4.87. The molecular weight excluding hydrogens is 168 g/mol. The largest absolute Gasteiger partial charge is 0.388 e. The molecule has 1 heterocycles. The average Bonchev–Trinajstić information content (AvgIpc) is 2.15. The standard InChI is InChI=1S/C8H16N4O/c1-2-12-5-3-4-8(13,7-12)6-10-11-9/h13H,2-7H2,1H3/t8-/m0/s1. The number of hydrogen-bond acceptors (Lipinski definition) is 3. The van der Waals surface area contributed by atoms with Gasteiger partial charge in [-0.25, -0.2) is 0 Å². The second-order valence-corrected chi connectivity index (χ2v) is 3.59. The maximum absolute atomic E-state index is 10.00. The van der Waals surface area contributed by atoms with E-state index < -0.39 is 5.60 Å². The minimum atomic E-state index is -0.791. The molecule has 74 valence electrons. The molecule has 0 radical (unpaired) electrons. The quantitative estimate of drug-likeness (QED) is 0.406. The zero-order valence-corrected chi connectivity index (χ0v) is 7.98. The maximum atomic E-state index is 10.00. The van der Waals surface area contributed by atoms with E-state index in [-0.39, 0.29) is 6.54 Å². The predicted molar refractivity (Wildman–Crippen MR) is 50.3 cm³/mol. The number of hydrogen-bond donors (Lipinski definition) is 1. The molecular formula is C8H16N4O. The molecule has 1 N–H and O–H groups in total. The van der Waals surface area contributed by atoms with Gasteiger partial charge in [-0.15, -0.1) is 0 Å². The van der Waals surface area contributed by atoms with E-state index in [0.29, 0.717) is 6.54 Å². The fourth-order valence-corrected chi connectivity index (χ4v) is 1.77. The molecule has 0 unspecified atom stereocenters. The molecule has 5 heteroatoms. The first-order valence-electron chi connectivity index (χ1n) is 4.66. The fraction of sp³-hybridized carbons (Fsp3) is 1.00. The number of aliphatic hydroxyl groups is 1. The van der Waals surface area contributed by atoms with E-state index in [1.165, 1.54) is 0 Å². The number of nitrogens with zero attached hydrogens (tertiary/aromatic N) is 4. The number of rotatable bonds is 3. The number of likely N-dealkylation sites (tertiary alicyclic amines) is 1. The van der Waals surface area contributed by atoms with Crippen LogP contribution >= 0.6 is 0 Å². The van der Waals surface area contributed by atoms with Crippen molar-refractivity contribution >= 4 is 0 Å². The van der Waals surface area contributed by atoms with Gasteiger partial charge in [-0.3, -0.25) is 0 Å². The van der Waals surface area contributed by atoms with Crippen molar-refractivity contribution in [3.63, 3.8) is 0 Å². The first kappa shape index (κ1) is 10.3. The van der Waals surface area contributed by atoms with Crippen LogP contribution in [0.5, 0.6) is 0 Å². The Balaban J connectivity index is 2.51. The molecule has 1 saturated heterocycles. The summed E-state index contributed by atoms with van der Waals surface area (Å²) >= 11 is 0. The molecule has 0 aromatic rings.